The van der Waals surface area contributed by atoms with Crippen LogP contribution in [0.5, 0.6) is 0 Å². The van der Waals surface area contributed by atoms with Crippen LogP contribution in [0.2, 0.25) is 5.02 Å². The van der Waals surface area contributed by atoms with E-state index in [9.17, 15) is 4.91 Å². The fraction of sp³-hybridized carbons (Fsp3) is 0.600. The summed E-state index contributed by atoms with van der Waals surface area (Å²) in [6.45, 7) is 4.06. The molecule has 5 rings (SSSR count). The number of allylic oxidation sites excluding steroid dienone is 2. The molecule has 1 saturated heterocycles. The van der Waals surface area contributed by atoms with Crippen molar-refractivity contribution in [2.45, 2.75) is 31.1 Å². The van der Waals surface area contributed by atoms with Crippen molar-refractivity contribution in [3.63, 3.8) is 0 Å². The van der Waals surface area contributed by atoms with Gasteiger partial charge in [0, 0.05) is 32.9 Å². The van der Waals surface area contributed by atoms with Crippen molar-refractivity contribution in [1.29, 1.82) is 0 Å². The molecule has 0 N–H and O–H groups in total. The molecule has 4 aliphatic rings. The molecule has 3 unspecified atom stereocenters. The highest BCUT2D eigenvalue weighted by molar-refractivity contribution is 6.30. The molecular formula is C20H24ClN2O+. The predicted molar refractivity (Wildman–Crippen MR) is 95.8 cm³/mol. The van der Waals surface area contributed by atoms with E-state index in [4.69, 9.17) is 11.6 Å². The van der Waals surface area contributed by atoms with Gasteiger partial charge in [-0.15, -0.1) is 0 Å². The van der Waals surface area contributed by atoms with Gasteiger partial charge in [0.1, 0.15) is 0 Å². The molecule has 2 aliphatic heterocycles. The highest BCUT2D eigenvalue weighted by atomic mass is 35.5. The molecule has 0 radical (unpaired) electrons. The quantitative estimate of drug-likeness (QED) is 0.590. The van der Waals surface area contributed by atoms with Crippen LogP contribution in [0.25, 0.3) is 0 Å². The molecule has 0 amide bonds. The van der Waals surface area contributed by atoms with Crippen molar-refractivity contribution in [2.24, 2.45) is 17.8 Å². The van der Waals surface area contributed by atoms with Crippen LogP contribution in [-0.2, 0) is 5.41 Å². The summed E-state index contributed by atoms with van der Waals surface area (Å²) in [7, 11) is 0. The van der Waals surface area contributed by atoms with Gasteiger partial charge in [-0.1, -0.05) is 23.8 Å². The lowest BCUT2D eigenvalue weighted by molar-refractivity contribution is -0.461. The van der Waals surface area contributed by atoms with Gasteiger partial charge in [0.05, 0.1) is 5.41 Å². The summed E-state index contributed by atoms with van der Waals surface area (Å²) in [6.07, 6.45) is 9.81. The molecular weight excluding hydrogens is 320 g/mol. The molecule has 1 aromatic carbocycles. The second-order valence-electron chi connectivity index (χ2n) is 8.32. The molecule has 24 heavy (non-hydrogen) atoms. The second kappa shape index (κ2) is 5.40. The largest absolute Gasteiger partial charge is 0.303 e. The molecule has 1 spiro atoms. The van der Waals surface area contributed by atoms with Crippen molar-refractivity contribution in [1.82, 2.24) is 4.90 Å². The molecule has 3 nitrogen and oxygen atoms in total. The fourth-order valence-electron chi connectivity index (χ4n) is 5.62. The van der Waals surface area contributed by atoms with E-state index in [1.807, 2.05) is 18.2 Å². The minimum Gasteiger partial charge on any atom is -0.303 e. The molecule has 1 saturated carbocycles. The normalized spacial score (nSPS) is 33.5. The van der Waals surface area contributed by atoms with Gasteiger partial charge in [-0.3, -0.25) is 0 Å². The number of nitroso groups, excluding NO2 is 1. The van der Waals surface area contributed by atoms with Crippen molar-refractivity contribution in [2.75, 3.05) is 26.2 Å². The van der Waals surface area contributed by atoms with Crippen LogP contribution in [0, 0.1) is 22.7 Å². The maximum absolute atomic E-state index is 12.3. The number of halogens is 1. The van der Waals surface area contributed by atoms with E-state index in [-0.39, 0.29) is 5.41 Å². The van der Waals surface area contributed by atoms with Gasteiger partial charge in [-0.2, -0.15) is 0 Å². The third kappa shape index (κ3) is 2.28. The number of likely N-dealkylation sites (tertiary alicyclic amines) is 1. The van der Waals surface area contributed by atoms with Gasteiger partial charge in [-0.25, -0.2) is 0 Å². The fourth-order valence-corrected chi connectivity index (χ4v) is 5.80. The molecule has 2 bridgehead atoms. The van der Waals surface area contributed by atoms with Crippen LogP contribution >= 0.6 is 11.6 Å². The number of nitrogens with zero attached hydrogens (tertiary/aromatic N) is 2. The van der Waals surface area contributed by atoms with Crippen molar-refractivity contribution in [3.05, 3.63) is 45.8 Å². The number of fused-ring (bicyclic) bond motifs is 4. The third-order valence-electron chi connectivity index (χ3n) is 6.97. The first-order valence-corrected chi connectivity index (χ1v) is 9.66. The van der Waals surface area contributed by atoms with Gasteiger partial charge in [0.2, 0.25) is 6.54 Å². The van der Waals surface area contributed by atoms with E-state index in [2.05, 4.69) is 17.1 Å². The first-order valence-electron chi connectivity index (χ1n) is 9.28. The molecule has 2 heterocycles. The van der Waals surface area contributed by atoms with Crippen LogP contribution in [-0.4, -0.2) is 35.8 Å². The summed E-state index contributed by atoms with van der Waals surface area (Å²) in [6, 6.07) is 5.76. The van der Waals surface area contributed by atoms with Gasteiger partial charge in [-0.05, 0) is 68.7 Å². The summed E-state index contributed by atoms with van der Waals surface area (Å²) < 4.78 is 1.18. The number of piperidine rings is 1. The maximum atomic E-state index is 12.3. The zero-order valence-corrected chi connectivity index (χ0v) is 14.7. The van der Waals surface area contributed by atoms with Crippen LogP contribution < -0.4 is 0 Å². The van der Waals surface area contributed by atoms with Gasteiger partial charge in [0.25, 0.3) is 5.69 Å². The first kappa shape index (κ1) is 15.1. The van der Waals surface area contributed by atoms with Crippen LogP contribution in [0.4, 0.5) is 5.69 Å². The summed E-state index contributed by atoms with van der Waals surface area (Å²) >= 11 is 6.21. The number of benzene rings is 1. The lowest BCUT2D eigenvalue weighted by Gasteiger charge is -2.38. The topological polar surface area (TPSA) is 23.3 Å². The van der Waals surface area contributed by atoms with Crippen molar-refractivity contribution < 1.29 is 4.76 Å². The predicted octanol–water partition coefficient (Wildman–Crippen LogP) is 4.31. The molecule has 2 aliphatic carbocycles. The Labute approximate surface area is 148 Å². The van der Waals surface area contributed by atoms with Gasteiger partial charge >= 0.3 is 0 Å². The van der Waals surface area contributed by atoms with Crippen LogP contribution in [0.1, 0.15) is 31.2 Å². The Hall–Kier alpha value is -1.19. The lowest BCUT2D eigenvalue weighted by atomic mass is 9.74. The molecule has 4 heteroatoms. The SMILES string of the molecule is O=[N+]1CC2(CCN(CC3CC4C=CC3C4)CC2)c2cc(Cl)ccc21. The van der Waals surface area contributed by atoms with Crippen molar-refractivity contribution in [3.8, 4) is 0 Å². The third-order valence-corrected chi connectivity index (χ3v) is 7.20. The number of hydrogen-bond donors (Lipinski definition) is 0. The average molecular weight is 344 g/mol. The Kier molecular flexibility index (Phi) is 3.40. The highest BCUT2D eigenvalue weighted by Crippen LogP contribution is 2.48. The summed E-state index contributed by atoms with van der Waals surface area (Å²) in [5.74, 6) is 2.54. The van der Waals surface area contributed by atoms with E-state index in [0.29, 0.717) is 6.54 Å². The van der Waals surface area contributed by atoms with Gasteiger partial charge in [0.15, 0.2) is 0 Å². The van der Waals surface area contributed by atoms with E-state index in [0.717, 1.165) is 54.4 Å². The number of rotatable bonds is 2. The van der Waals surface area contributed by atoms with E-state index in [1.54, 1.807) is 0 Å². The minimum absolute atomic E-state index is 0.0209. The minimum atomic E-state index is 0.0209. The Morgan fingerprint density at radius 1 is 1.21 bits per heavy atom. The lowest BCUT2D eigenvalue weighted by Crippen LogP contribution is -2.45. The Morgan fingerprint density at radius 2 is 2.04 bits per heavy atom. The molecule has 3 atom stereocenters. The summed E-state index contributed by atoms with van der Waals surface area (Å²) in [5.41, 5.74) is 2.05. The highest BCUT2D eigenvalue weighted by Gasteiger charge is 2.51. The molecule has 126 valence electrons. The van der Waals surface area contributed by atoms with E-state index < -0.39 is 0 Å². The Morgan fingerprint density at radius 3 is 2.75 bits per heavy atom. The average Bonchev–Trinajstić information content (AvgIpc) is 3.25. The Balaban J connectivity index is 1.30. The van der Waals surface area contributed by atoms with Gasteiger partial charge < -0.3 is 4.90 Å². The standard InChI is InChI=1S/C20H24ClN2O/c21-17-3-4-19-18(11-17)20(13-23(19)24)5-7-22(8-6-20)12-16-10-14-1-2-15(16)9-14/h1-4,11,14-16H,5-10,12-13H2/q+1. The van der Waals surface area contributed by atoms with E-state index >= 15 is 0 Å². The van der Waals surface area contributed by atoms with E-state index in [1.165, 1.54) is 29.7 Å². The van der Waals surface area contributed by atoms with Crippen molar-refractivity contribution >= 4 is 17.3 Å². The zero-order valence-electron chi connectivity index (χ0n) is 14.0. The smallest absolute Gasteiger partial charge is 0.260 e. The second-order valence-corrected chi connectivity index (χ2v) is 8.76. The summed E-state index contributed by atoms with van der Waals surface area (Å²) in [4.78, 5) is 15.0. The van der Waals surface area contributed by atoms with Crippen LogP contribution in [0.15, 0.2) is 30.4 Å². The van der Waals surface area contributed by atoms with Crippen LogP contribution in [0.3, 0.4) is 0 Å². The first-order chi connectivity index (χ1) is 11.6. The maximum Gasteiger partial charge on any atom is 0.260 e. The molecule has 2 fully saturated rings. The monoisotopic (exact) mass is 343 g/mol. The summed E-state index contributed by atoms with van der Waals surface area (Å²) in [5, 5.41) is 0.750. The number of hydrogen-bond acceptors (Lipinski definition) is 2. The Bertz CT molecular complexity index is 720. The molecule has 1 aromatic rings. The molecule has 0 aromatic heterocycles. The zero-order chi connectivity index (χ0) is 16.3.